The molecule has 3 nitrogen and oxygen atoms in total. The number of methoxy groups -OCH3 is 1. The van der Waals surface area contributed by atoms with Crippen LogP contribution in [-0.4, -0.2) is 26.3 Å². The van der Waals surface area contributed by atoms with E-state index in [9.17, 15) is 5.11 Å². The maximum atomic E-state index is 10.3. The first-order valence-electron chi connectivity index (χ1n) is 6.21. The fourth-order valence-corrected chi connectivity index (χ4v) is 1.93. The summed E-state index contributed by atoms with van der Waals surface area (Å²) in [4.78, 5) is 2.03. The van der Waals surface area contributed by atoms with Gasteiger partial charge in [-0.15, -0.1) is 0 Å². The van der Waals surface area contributed by atoms with Crippen LogP contribution in [0.25, 0.3) is 0 Å². The van der Waals surface area contributed by atoms with Gasteiger partial charge < -0.3 is 14.7 Å². The van der Waals surface area contributed by atoms with Gasteiger partial charge in [-0.3, -0.25) is 0 Å². The lowest BCUT2D eigenvalue weighted by molar-refractivity contribution is 0.220. The Balaban J connectivity index is 2.20. The summed E-state index contributed by atoms with van der Waals surface area (Å²) in [6.07, 6.45) is -0.609. The van der Waals surface area contributed by atoms with Gasteiger partial charge in [-0.2, -0.15) is 0 Å². The molecule has 100 valence electrons. The lowest BCUT2D eigenvalue weighted by Gasteiger charge is -2.15. The summed E-state index contributed by atoms with van der Waals surface area (Å²) in [5.74, 6) is 0.791. The van der Waals surface area contributed by atoms with Crippen molar-refractivity contribution in [3.8, 4) is 5.75 Å². The molecule has 0 aliphatic heterocycles. The molecule has 0 bridgehead atoms. The smallest absolute Gasteiger partial charge is 0.118 e. The normalized spacial score (nSPS) is 12.0. The van der Waals surface area contributed by atoms with Crippen molar-refractivity contribution in [2.24, 2.45) is 0 Å². The van der Waals surface area contributed by atoms with E-state index in [0.717, 1.165) is 22.6 Å². The minimum atomic E-state index is -0.609. The third-order valence-electron chi connectivity index (χ3n) is 3.16. The van der Waals surface area contributed by atoms with Crippen molar-refractivity contribution in [1.82, 2.24) is 0 Å². The first kappa shape index (κ1) is 13.4. The number of aliphatic hydroxyl groups is 1. The molecule has 1 atom stereocenters. The molecule has 0 heterocycles. The first-order valence-corrected chi connectivity index (χ1v) is 6.21. The van der Waals surface area contributed by atoms with Crippen molar-refractivity contribution in [2.45, 2.75) is 6.10 Å². The summed E-state index contributed by atoms with van der Waals surface area (Å²) in [7, 11) is 5.62. The number of rotatable bonds is 4. The van der Waals surface area contributed by atoms with Gasteiger partial charge in [0.05, 0.1) is 7.11 Å². The van der Waals surface area contributed by atoms with Crippen LogP contribution in [-0.2, 0) is 0 Å². The molecule has 0 radical (unpaired) electrons. The second-order valence-electron chi connectivity index (χ2n) is 4.66. The van der Waals surface area contributed by atoms with Gasteiger partial charge in [-0.05, 0) is 35.4 Å². The monoisotopic (exact) mass is 257 g/mol. The Bertz CT molecular complexity index is 517. The van der Waals surface area contributed by atoms with Gasteiger partial charge >= 0.3 is 0 Å². The first-order chi connectivity index (χ1) is 9.11. The maximum Gasteiger partial charge on any atom is 0.118 e. The van der Waals surface area contributed by atoms with Crippen LogP contribution in [0.1, 0.15) is 17.2 Å². The third-order valence-corrected chi connectivity index (χ3v) is 3.16. The third kappa shape index (κ3) is 3.06. The highest BCUT2D eigenvalue weighted by Gasteiger charge is 2.10. The quantitative estimate of drug-likeness (QED) is 0.914. The highest BCUT2D eigenvalue weighted by atomic mass is 16.5. The Morgan fingerprint density at radius 1 is 0.895 bits per heavy atom. The van der Waals surface area contributed by atoms with Gasteiger partial charge in [0.2, 0.25) is 0 Å². The zero-order valence-corrected chi connectivity index (χ0v) is 11.5. The number of anilines is 1. The molecule has 19 heavy (non-hydrogen) atoms. The van der Waals surface area contributed by atoms with E-state index in [0.29, 0.717) is 0 Å². The lowest BCUT2D eigenvalue weighted by atomic mass is 10.0. The van der Waals surface area contributed by atoms with Crippen LogP contribution in [0.5, 0.6) is 5.75 Å². The molecule has 0 amide bonds. The molecule has 3 heteroatoms. The van der Waals surface area contributed by atoms with Gasteiger partial charge in [0.15, 0.2) is 0 Å². The molecule has 1 unspecified atom stereocenters. The van der Waals surface area contributed by atoms with E-state index in [4.69, 9.17) is 4.74 Å². The van der Waals surface area contributed by atoms with E-state index in [2.05, 4.69) is 0 Å². The predicted octanol–water partition coefficient (Wildman–Crippen LogP) is 2.84. The predicted molar refractivity (Wildman–Crippen MR) is 77.8 cm³/mol. The zero-order valence-electron chi connectivity index (χ0n) is 11.5. The highest BCUT2D eigenvalue weighted by molar-refractivity contribution is 5.47. The van der Waals surface area contributed by atoms with E-state index >= 15 is 0 Å². The van der Waals surface area contributed by atoms with Crippen molar-refractivity contribution in [2.75, 3.05) is 26.1 Å². The van der Waals surface area contributed by atoms with Crippen LogP contribution < -0.4 is 9.64 Å². The van der Waals surface area contributed by atoms with Gasteiger partial charge in [-0.25, -0.2) is 0 Å². The molecule has 0 saturated heterocycles. The Hall–Kier alpha value is -2.00. The fourth-order valence-electron chi connectivity index (χ4n) is 1.93. The fraction of sp³-hybridized carbons (Fsp3) is 0.250. The maximum absolute atomic E-state index is 10.3. The van der Waals surface area contributed by atoms with Crippen molar-refractivity contribution in [3.05, 3.63) is 59.7 Å². The Morgan fingerprint density at radius 2 is 1.37 bits per heavy atom. The van der Waals surface area contributed by atoms with Gasteiger partial charge in [0.25, 0.3) is 0 Å². The topological polar surface area (TPSA) is 32.7 Å². The van der Waals surface area contributed by atoms with Gasteiger partial charge in [0.1, 0.15) is 11.9 Å². The van der Waals surface area contributed by atoms with Crippen molar-refractivity contribution >= 4 is 5.69 Å². The number of benzene rings is 2. The van der Waals surface area contributed by atoms with Crippen molar-refractivity contribution < 1.29 is 9.84 Å². The van der Waals surface area contributed by atoms with E-state index in [1.807, 2.05) is 67.5 Å². The average Bonchev–Trinajstić information content (AvgIpc) is 2.46. The highest BCUT2D eigenvalue weighted by Crippen LogP contribution is 2.25. The molecule has 1 N–H and O–H groups in total. The molecule has 2 aromatic carbocycles. The van der Waals surface area contributed by atoms with E-state index < -0.39 is 6.10 Å². The van der Waals surface area contributed by atoms with E-state index in [1.54, 1.807) is 7.11 Å². The Morgan fingerprint density at radius 3 is 1.79 bits per heavy atom. The second-order valence-corrected chi connectivity index (χ2v) is 4.66. The van der Waals surface area contributed by atoms with Crippen LogP contribution in [0.15, 0.2) is 48.5 Å². The minimum Gasteiger partial charge on any atom is -0.497 e. The summed E-state index contributed by atoms with van der Waals surface area (Å²) in [6.45, 7) is 0. The number of hydrogen-bond donors (Lipinski definition) is 1. The number of nitrogens with zero attached hydrogens (tertiary/aromatic N) is 1. The summed E-state index contributed by atoms with van der Waals surface area (Å²) in [5.41, 5.74) is 2.86. The molecular formula is C16H19NO2. The van der Waals surface area contributed by atoms with Crippen LogP contribution >= 0.6 is 0 Å². The molecular weight excluding hydrogens is 238 g/mol. The number of hydrogen-bond acceptors (Lipinski definition) is 3. The van der Waals surface area contributed by atoms with Crippen molar-refractivity contribution in [3.63, 3.8) is 0 Å². The SMILES string of the molecule is COc1ccc(C(O)c2ccc(N(C)C)cc2)cc1. The molecule has 0 aliphatic rings. The van der Waals surface area contributed by atoms with Gasteiger partial charge in [-0.1, -0.05) is 24.3 Å². The standard InChI is InChI=1S/C16H19NO2/c1-17(2)14-8-4-12(5-9-14)16(18)13-6-10-15(19-3)11-7-13/h4-11,16,18H,1-3H3. The Kier molecular flexibility index (Phi) is 4.07. The van der Waals surface area contributed by atoms with E-state index in [-0.39, 0.29) is 0 Å². The minimum absolute atomic E-state index is 0.609. The molecule has 0 saturated carbocycles. The number of ether oxygens (including phenoxy) is 1. The zero-order chi connectivity index (χ0) is 13.8. The summed E-state index contributed by atoms with van der Waals surface area (Å²) >= 11 is 0. The molecule has 0 aromatic heterocycles. The van der Waals surface area contributed by atoms with Crippen LogP contribution in [0.3, 0.4) is 0 Å². The van der Waals surface area contributed by atoms with Crippen LogP contribution in [0, 0.1) is 0 Å². The Labute approximate surface area is 114 Å². The van der Waals surface area contributed by atoms with E-state index in [1.165, 1.54) is 0 Å². The van der Waals surface area contributed by atoms with Crippen molar-refractivity contribution in [1.29, 1.82) is 0 Å². The second kappa shape index (κ2) is 5.76. The molecule has 0 aliphatic carbocycles. The number of aliphatic hydroxyl groups excluding tert-OH is 1. The summed E-state index contributed by atoms with van der Waals surface area (Å²) in [5, 5.41) is 10.3. The molecule has 2 aromatic rings. The summed E-state index contributed by atoms with van der Waals surface area (Å²) < 4.78 is 5.11. The molecule has 0 fully saturated rings. The summed E-state index contributed by atoms with van der Waals surface area (Å²) in [6, 6.07) is 15.4. The molecule has 2 rings (SSSR count). The van der Waals surface area contributed by atoms with Gasteiger partial charge in [0, 0.05) is 19.8 Å². The lowest BCUT2D eigenvalue weighted by Crippen LogP contribution is -2.08. The largest absolute Gasteiger partial charge is 0.497 e. The average molecular weight is 257 g/mol. The molecule has 0 spiro atoms. The van der Waals surface area contributed by atoms with Crippen LogP contribution in [0.4, 0.5) is 5.69 Å². The van der Waals surface area contributed by atoms with Crippen LogP contribution in [0.2, 0.25) is 0 Å².